The molecule has 0 unspecified atom stereocenters. The van der Waals surface area contributed by atoms with E-state index >= 15 is 0 Å². The predicted octanol–water partition coefficient (Wildman–Crippen LogP) is 4.14. The minimum atomic E-state index is 0.311. The molecule has 1 heterocycles. The van der Waals surface area contributed by atoms with Crippen LogP contribution < -0.4 is 10.6 Å². The molecule has 3 rings (SSSR count). The number of rotatable bonds is 7. The number of nitrogens with one attached hydrogen (secondary N) is 2. The van der Waals surface area contributed by atoms with Crippen molar-refractivity contribution in [3.8, 4) is 0 Å². The SMILES string of the molecule is CCNC(=NCc1nc(C)c(C)s1)NCC1(Sc2ccccc2)CC1. The highest BCUT2D eigenvalue weighted by Crippen LogP contribution is 2.51. The Labute approximate surface area is 158 Å². The van der Waals surface area contributed by atoms with E-state index in [1.165, 1.54) is 22.6 Å². The molecule has 1 aromatic carbocycles. The van der Waals surface area contributed by atoms with E-state index in [9.17, 15) is 0 Å². The zero-order valence-corrected chi connectivity index (χ0v) is 16.8. The van der Waals surface area contributed by atoms with Gasteiger partial charge in [-0.2, -0.15) is 0 Å². The first-order valence-electron chi connectivity index (χ1n) is 8.79. The van der Waals surface area contributed by atoms with Gasteiger partial charge in [-0.1, -0.05) is 18.2 Å². The molecule has 25 heavy (non-hydrogen) atoms. The van der Waals surface area contributed by atoms with Gasteiger partial charge in [0, 0.05) is 27.6 Å². The van der Waals surface area contributed by atoms with Gasteiger partial charge in [-0.15, -0.1) is 23.1 Å². The molecular weight excluding hydrogens is 348 g/mol. The van der Waals surface area contributed by atoms with Crippen molar-refractivity contribution in [2.24, 2.45) is 4.99 Å². The number of aliphatic imine (C=N–C) groups is 1. The number of benzene rings is 1. The van der Waals surface area contributed by atoms with E-state index in [-0.39, 0.29) is 0 Å². The van der Waals surface area contributed by atoms with Crippen molar-refractivity contribution < 1.29 is 0 Å². The van der Waals surface area contributed by atoms with Crippen LogP contribution in [-0.2, 0) is 6.54 Å². The molecule has 4 nitrogen and oxygen atoms in total. The number of guanidine groups is 1. The highest BCUT2D eigenvalue weighted by Gasteiger charge is 2.43. The van der Waals surface area contributed by atoms with E-state index in [4.69, 9.17) is 4.99 Å². The molecule has 0 radical (unpaired) electrons. The highest BCUT2D eigenvalue weighted by molar-refractivity contribution is 8.01. The van der Waals surface area contributed by atoms with Gasteiger partial charge in [0.2, 0.25) is 0 Å². The summed E-state index contributed by atoms with van der Waals surface area (Å²) < 4.78 is 0.311. The number of thiazole rings is 1. The van der Waals surface area contributed by atoms with Gasteiger partial charge in [0.25, 0.3) is 0 Å². The van der Waals surface area contributed by atoms with Crippen LogP contribution in [0.5, 0.6) is 0 Å². The van der Waals surface area contributed by atoms with E-state index in [1.807, 2.05) is 11.8 Å². The number of nitrogens with zero attached hydrogens (tertiary/aromatic N) is 2. The topological polar surface area (TPSA) is 49.3 Å². The monoisotopic (exact) mass is 374 g/mol. The van der Waals surface area contributed by atoms with Crippen molar-refractivity contribution in [3.05, 3.63) is 45.9 Å². The largest absolute Gasteiger partial charge is 0.357 e. The number of hydrogen-bond donors (Lipinski definition) is 2. The number of aromatic nitrogens is 1. The number of thioether (sulfide) groups is 1. The first-order chi connectivity index (χ1) is 12.1. The molecule has 0 atom stereocenters. The van der Waals surface area contributed by atoms with Gasteiger partial charge in [-0.3, -0.25) is 0 Å². The summed E-state index contributed by atoms with van der Waals surface area (Å²) in [6.07, 6.45) is 2.51. The Balaban J connectivity index is 1.57. The highest BCUT2D eigenvalue weighted by atomic mass is 32.2. The van der Waals surface area contributed by atoms with E-state index < -0.39 is 0 Å². The van der Waals surface area contributed by atoms with Crippen LogP contribution in [0.15, 0.2) is 40.2 Å². The lowest BCUT2D eigenvalue weighted by molar-refractivity contribution is 0.768. The van der Waals surface area contributed by atoms with E-state index in [0.717, 1.165) is 29.8 Å². The normalized spacial score (nSPS) is 15.9. The van der Waals surface area contributed by atoms with Gasteiger partial charge < -0.3 is 10.6 Å². The minimum absolute atomic E-state index is 0.311. The minimum Gasteiger partial charge on any atom is -0.357 e. The maximum Gasteiger partial charge on any atom is 0.191 e. The number of aryl methyl sites for hydroxylation is 2. The third-order valence-corrected chi connectivity index (χ3v) is 6.80. The van der Waals surface area contributed by atoms with E-state index in [2.05, 4.69) is 66.7 Å². The summed E-state index contributed by atoms with van der Waals surface area (Å²) in [6.45, 7) is 8.70. The van der Waals surface area contributed by atoms with Crippen LogP contribution in [0.1, 0.15) is 35.3 Å². The molecule has 0 amide bonds. The smallest absolute Gasteiger partial charge is 0.191 e. The summed E-state index contributed by atoms with van der Waals surface area (Å²) in [7, 11) is 0. The Morgan fingerprint density at radius 1 is 1.24 bits per heavy atom. The molecule has 1 aliphatic carbocycles. The molecule has 2 N–H and O–H groups in total. The average Bonchev–Trinajstić information content (AvgIpc) is 3.29. The van der Waals surface area contributed by atoms with Crippen LogP contribution in [0.2, 0.25) is 0 Å². The Kier molecular flexibility index (Phi) is 6.02. The first-order valence-corrected chi connectivity index (χ1v) is 10.4. The van der Waals surface area contributed by atoms with Crippen LogP contribution in [0.3, 0.4) is 0 Å². The van der Waals surface area contributed by atoms with Crippen LogP contribution in [0, 0.1) is 13.8 Å². The lowest BCUT2D eigenvalue weighted by Crippen LogP contribution is -2.41. The Morgan fingerprint density at radius 3 is 2.60 bits per heavy atom. The fourth-order valence-corrected chi connectivity index (χ4v) is 4.64. The molecule has 2 aromatic rings. The van der Waals surface area contributed by atoms with Crippen molar-refractivity contribution >= 4 is 29.1 Å². The standard InChI is InChI=1S/C19H26N4S2/c1-4-20-18(21-12-17-23-14(2)15(3)24-17)22-13-19(10-11-19)25-16-8-6-5-7-9-16/h5-9H,4,10-13H2,1-3H3,(H2,20,21,22). The summed E-state index contributed by atoms with van der Waals surface area (Å²) in [5.41, 5.74) is 1.12. The van der Waals surface area contributed by atoms with Crippen LogP contribution in [0.4, 0.5) is 0 Å². The Hall–Kier alpha value is -1.53. The molecule has 1 fully saturated rings. The summed E-state index contributed by atoms with van der Waals surface area (Å²) in [4.78, 5) is 11.9. The van der Waals surface area contributed by atoms with Gasteiger partial charge in [-0.25, -0.2) is 9.98 Å². The van der Waals surface area contributed by atoms with Gasteiger partial charge in [0.1, 0.15) is 5.01 Å². The second-order valence-electron chi connectivity index (χ2n) is 6.40. The Bertz CT molecular complexity index is 701. The average molecular weight is 375 g/mol. The van der Waals surface area contributed by atoms with Gasteiger partial charge in [-0.05, 0) is 45.7 Å². The lowest BCUT2D eigenvalue weighted by atomic mass is 10.4. The fraction of sp³-hybridized carbons (Fsp3) is 0.474. The molecule has 134 valence electrons. The quantitative estimate of drug-likeness (QED) is 0.565. The van der Waals surface area contributed by atoms with Crippen LogP contribution in [0.25, 0.3) is 0 Å². The third kappa shape index (κ3) is 5.22. The molecule has 0 bridgehead atoms. The van der Waals surface area contributed by atoms with Crippen LogP contribution >= 0.6 is 23.1 Å². The van der Waals surface area contributed by atoms with Crippen molar-refractivity contribution in [2.45, 2.75) is 49.8 Å². The van der Waals surface area contributed by atoms with Crippen molar-refractivity contribution in [3.63, 3.8) is 0 Å². The molecule has 0 spiro atoms. The van der Waals surface area contributed by atoms with Gasteiger partial charge in [0.15, 0.2) is 5.96 Å². The molecule has 0 saturated heterocycles. The summed E-state index contributed by atoms with van der Waals surface area (Å²) in [6, 6.07) is 10.7. The zero-order chi connectivity index (χ0) is 17.7. The molecule has 0 aliphatic heterocycles. The zero-order valence-electron chi connectivity index (χ0n) is 15.1. The fourth-order valence-electron chi connectivity index (χ4n) is 2.53. The molecule has 1 saturated carbocycles. The summed E-state index contributed by atoms with van der Waals surface area (Å²) in [5.74, 6) is 0.882. The number of hydrogen-bond acceptors (Lipinski definition) is 4. The predicted molar refractivity (Wildman–Crippen MR) is 109 cm³/mol. The van der Waals surface area contributed by atoms with Gasteiger partial charge in [0.05, 0.1) is 12.2 Å². The molecular formula is C19H26N4S2. The van der Waals surface area contributed by atoms with Crippen molar-refractivity contribution in [1.29, 1.82) is 0 Å². The van der Waals surface area contributed by atoms with Crippen LogP contribution in [-0.4, -0.2) is 28.8 Å². The second kappa shape index (κ2) is 8.23. The maximum atomic E-state index is 4.71. The molecule has 6 heteroatoms. The molecule has 1 aliphatic rings. The third-order valence-electron chi connectivity index (χ3n) is 4.25. The summed E-state index contributed by atoms with van der Waals surface area (Å²) >= 11 is 3.72. The van der Waals surface area contributed by atoms with Gasteiger partial charge >= 0.3 is 0 Å². The second-order valence-corrected chi connectivity index (χ2v) is 9.23. The lowest BCUT2D eigenvalue weighted by Gasteiger charge is -2.18. The maximum absolute atomic E-state index is 4.71. The molecule has 1 aromatic heterocycles. The first kappa shape index (κ1) is 18.3. The van der Waals surface area contributed by atoms with E-state index in [1.54, 1.807) is 11.3 Å². The van der Waals surface area contributed by atoms with Crippen molar-refractivity contribution in [1.82, 2.24) is 15.6 Å². The Morgan fingerprint density at radius 2 is 2.00 bits per heavy atom. The van der Waals surface area contributed by atoms with Crippen molar-refractivity contribution in [2.75, 3.05) is 13.1 Å². The summed E-state index contributed by atoms with van der Waals surface area (Å²) in [5, 5.41) is 7.95. The van der Waals surface area contributed by atoms with E-state index in [0.29, 0.717) is 11.3 Å².